The lowest BCUT2D eigenvalue weighted by molar-refractivity contribution is -0.0449. The molecule has 0 aromatic heterocycles. The SMILES string of the molecule is FC1=C(F)ON(Br)N1. The van der Waals surface area contributed by atoms with E-state index in [2.05, 4.69) is 21.0 Å². The minimum atomic E-state index is -1.28. The summed E-state index contributed by atoms with van der Waals surface area (Å²) in [5.74, 6) is -1.14. The molecule has 0 radical (unpaired) electrons. The molecule has 1 aliphatic rings. The molecule has 0 fully saturated rings. The largest absolute Gasteiger partial charge is 0.351 e. The smallest absolute Gasteiger partial charge is 0.339 e. The van der Waals surface area contributed by atoms with Gasteiger partial charge in [0.25, 0.3) is 5.95 Å². The summed E-state index contributed by atoms with van der Waals surface area (Å²) in [5.41, 5.74) is 1.83. The zero-order valence-electron chi connectivity index (χ0n) is 3.49. The zero-order chi connectivity index (χ0) is 6.15. The second-order valence-electron chi connectivity index (χ2n) is 1.04. The summed E-state index contributed by atoms with van der Waals surface area (Å²) >= 11 is 2.60. The Balaban J connectivity index is 2.60. The lowest BCUT2D eigenvalue weighted by Gasteiger charge is -2.00. The fourth-order valence-corrected chi connectivity index (χ4v) is 0.537. The first-order valence-electron chi connectivity index (χ1n) is 1.66. The monoisotopic (exact) mass is 186 g/mol. The molecule has 6 heteroatoms. The molecule has 0 aromatic rings. The van der Waals surface area contributed by atoms with Crippen LogP contribution in [0.4, 0.5) is 8.78 Å². The van der Waals surface area contributed by atoms with Crippen LogP contribution in [0.5, 0.6) is 0 Å². The van der Waals surface area contributed by atoms with Crippen molar-refractivity contribution in [1.82, 2.24) is 9.62 Å². The number of hydrogen-bond acceptors (Lipinski definition) is 3. The molecule has 8 heavy (non-hydrogen) atoms. The van der Waals surface area contributed by atoms with Crippen molar-refractivity contribution in [1.29, 1.82) is 0 Å². The van der Waals surface area contributed by atoms with Crippen molar-refractivity contribution >= 4 is 16.1 Å². The van der Waals surface area contributed by atoms with Gasteiger partial charge < -0.3 is 4.84 Å². The van der Waals surface area contributed by atoms with Gasteiger partial charge in [0.15, 0.2) is 0 Å². The molecular weight excluding hydrogens is 186 g/mol. The van der Waals surface area contributed by atoms with Crippen LogP contribution in [0.1, 0.15) is 0 Å². The summed E-state index contributed by atoms with van der Waals surface area (Å²) in [5, 5.41) is 0. The Kier molecular flexibility index (Phi) is 1.35. The van der Waals surface area contributed by atoms with Crippen molar-refractivity contribution in [2.24, 2.45) is 0 Å². The Hall–Kier alpha value is -0.360. The molecule has 0 spiro atoms. The van der Waals surface area contributed by atoms with Gasteiger partial charge in [0, 0.05) is 4.20 Å². The molecule has 1 rings (SSSR count). The highest BCUT2D eigenvalue weighted by Gasteiger charge is 2.20. The van der Waals surface area contributed by atoms with Crippen LogP contribution in [-0.4, -0.2) is 4.20 Å². The molecule has 0 saturated heterocycles. The number of hydrazine groups is 1. The number of rotatable bonds is 0. The molecular formula is C2HBrF2N2O. The Bertz CT molecular complexity index is 124. The maximum atomic E-state index is 11.8. The van der Waals surface area contributed by atoms with Crippen LogP contribution in [0.25, 0.3) is 0 Å². The first-order valence-corrected chi connectivity index (χ1v) is 2.37. The van der Waals surface area contributed by atoms with Gasteiger partial charge in [-0.05, 0) is 0 Å². The average molecular weight is 187 g/mol. The molecule has 0 amide bonds. The van der Waals surface area contributed by atoms with E-state index in [1.54, 1.807) is 0 Å². The van der Waals surface area contributed by atoms with E-state index in [1.807, 2.05) is 5.43 Å². The molecule has 3 nitrogen and oxygen atoms in total. The third-order valence-corrected chi connectivity index (χ3v) is 0.841. The third-order valence-electron chi connectivity index (χ3n) is 0.519. The van der Waals surface area contributed by atoms with Crippen molar-refractivity contribution in [3.63, 3.8) is 0 Å². The van der Waals surface area contributed by atoms with E-state index in [-0.39, 0.29) is 0 Å². The zero-order valence-corrected chi connectivity index (χ0v) is 5.08. The highest BCUT2D eigenvalue weighted by Crippen LogP contribution is 2.17. The molecule has 1 heterocycles. The molecule has 0 aliphatic carbocycles. The van der Waals surface area contributed by atoms with Crippen LogP contribution < -0.4 is 5.43 Å². The molecule has 0 atom stereocenters. The predicted molar refractivity (Wildman–Crippen MR) is 24.2 cm³/mol. The lowest BCUT2D eigenvalue weighted by Crippen LogP contribution is -2.18. The summed E-state index contributed by atoms with van der Waals surface area (Å²) in [7, 11) is 0. The molecule has 0 bridgehead atoms. The first-order chi connectivity index (χ1) is 3.70. The van der Waals surface area contributed by atoms with Crippen molar-refractivity contribution in [3.8, 4) is 0 Å². The average Bonchev–Trinajstić information content (AvgIpc) is 1.85. The maximum Gasteiger partial charge on any atom is 0.351 e. The van der Waals surface area contributed by atoms with E-state index < -0.39 is 12.0 Å². The Morgan fingerprint density at radius 1 is 1.62 bits per heavy atom. The van der Waals surface area contributed by atoms with E-state index >= 15 is 0 Å². The number of hydrogen-bond donors (Lipinski definition) is 1. The van der Waals surface area contributed by atoms with Gasteiger partial charge in [-0.3, -0.25) is 0 Å². The van der Waals surface area contributed by atoms with Crippen molar-refractivity contribution < 1.29 is 13.6 Å². The number of nitrogens with zero attached hydrogens (tertiary/aromatic N) is 1. The number of nitrogens with one attached hydrogen (secondary N) is 1. The molecule has 0 aromatic carbocycles. The normalized spacial score (nSPS) is 20.9. The van der Waals surface area contributed by atoms with E-state index in [9.17, 15) is 8.78 Å². The van der Waals surface area contributed by atoms with Crippen LogP contribution >= 0.6 is 16.1 Å². The van der Waals surface area contributed by atoms with Crippen LogP contribution in [-0.2, 0) is 4.84 Å². The van der Waals surface area contributed by atoms with E-state index in [1.165, 1.54) is 0 Å². The van der Waals surface area contributed by atoms with Crippen LogP contribution in [0.3, 0.4) is 0 Å². The highest BCUT2D eigenvalue weighted by atomic mass is 79.9. The van der Waals surface area contributed by atoms with Crippen molar-refractivity contribution in [2.45, 2.75) is 0 Å². The van der Waals surface area contributed by atoms with E-state index in [4.69, 9.17) is 0 Å². The van der Waals surface area contributed by atoms with Gasteiger partial charge in [0.1, 0.15) is 0 Å². The summed E-state index contributed by atoms with van der Waals surface area (Å²) in [6, 6.07) is -1.28. The standard InChI is InChI=1S/C2HBrF2N2O/c3-7-6-1(4)2(5)8-7/h6H. The second-order valence-corrected chi connectivity index (χ2v) is 1.68. The van der Waals surface area contributed by atoms with Crippen LogP contribution in [0, 0.1) is 0 Å². The third kappa shape index (κ3) is 0.896. The minimum absolute atomic E-state index is 0.637. The topological polar surface area (TPSA) is 24.5 Å². The van der Waals surface area contributed by atoms with Gasteiger partial charge in [-0.25, -0.2) is 5.43 Å². The first kappa shape index (κ1) is 5.77. The fraction of sp³-hybridized carbons (Fsp3) is 0. The minimum Gasteiger partial charge on any atom is -0.339 e. The lowest BCUT2D eigenvalue weighted by atomic mass is 10.9. The highest BCUT2D eigenvalue weighted by molar-refractivity contribution is 9.07. The molecule has 0 saturated carbocycles. The van der Waals surface area contributed by atoms with Gasteiger partial charge >= 0.3 is 6.01 Å². The van der Waals surface area contributed by atoms with E-state index in [0.29, 0.717) is 4.20 Å². The van der Waals surface area contributed by atoms with Gasteiger partial charge in [-0.2, -0.15) is 8.78 Å². The van der Waals surface area contributed by atoms with Crippen molar-refractivity contribution in [2.75, 3.05) is 0 Å². The van der Waals surface area contributed by atoms with Gasteiger partial charge in [0.05, 0.1) is 16.1 Å². The number of halogens is 3. The van der Waals surface area contributed by atoms with Crippen LogP contribution in [0.2, 0.25) is 0 Å². The van der Waals surface area contributed by atoms with Gasteiger partial charge in [-0.15, -0.1) is 0 Å². The summed E-state index contributed by atoms with van der Waals surface area (Å²) in [6.07, 6.45) is 0. The molecule has 46 valence electrons. The van der Waals surface area contributed by atoms with E-state index in [0.717, 1.165) is 0 Å². The summed E-state index contributed by atoms with van der Waals surface area (Å²) in [6.45, 7) is 0. The fourth-order valence-electron chi connectivity index (χ4n) is 0.254. The van der Waals surface area contributed by atoms with Gasteiger partial charge in [-0.1, -0.05) is 0 Å². The van der Waals surface area contributed by atoms with Crippen LogP contribution in [0.15, 0.2) is 12.0 Å². The molecule has 1 aliphatic heterocycles. The predicted octanol–water partition coefficient (Wildman–Crippen LogP) is 1.11. The van der Waals surface area contributed by atoms with Gasteiger partial charge in [0.2, 0.25) is 0 Å². The maximum absolute atomic E-state index is 11.8. The van der Waals surface area contributed by atoms with Crippen molar-refractivity contribution in [3.05, 3.63) is 12.0 Å². The quantitative estimate of drug-likeness (QED) is 0.454. The Labute approximate surface area is 52.2 Å². The Morgan fingerprint density at radius 3 is 2.38 bits per heavy atom. The summed E-state index contributed by atoms with van der Waals surface area (Å²) in [4.78, 5) is 3.95. The molecule has 1 N–H and O–H groups in total. The molecule has 0 unspecified atom stereocenters. The summed E-state index contributed by atoms with van der Waals surface area (Å²) < 4.78 is 24.1. The second kappa shape index (κ2) is 1.87. The Morgan fingerprint density at radius 2 is 2.25 bits per heavy atom.